The van der Waals surface area contributed by atoms with E-state index < -0.39 is 5.41 Å². The lowest BCUT2D eigenvalue weighted by atomic mass is 9.66. The van der Waals surface area contributed by atoms with E-state index >= 15 is 0 Å². The fourth-order valence-electron chi connectivity index (χ4n) is 7.13. The lowest BCUT2D eigenvalue weighted by Gasteiger charge is -2.39. The molecule has 9 rings (SSSR count). The third kappa shape index (κ3) is 2.72. The van der Waals surface area contributed by atoms with Gasteiger partial charge in [-0.25, -0.2) is 0 Å². The van der Waals surface area contributed by atoms with Crippen molar-refractivity contribution in [1.29, 1.82) is 0 Å². The molecule has 0 atom stereocenters. The van der Waals surface area contributed by atoms with Gasteiger partial charge in [0, 0.05) is 41.9 Å². The Morgan fingerprint density at radius 2 is 1.15 bits per heavy atom. The Morgan fingerprint density at radius 1 is 0.525 bits per heavy atom. The summed E-state index contributed by atoms with van der Waals surface area (Å²) >= 11 is 8.68. The van der Waals surface area contributed by atoms with E-state index in [2.05, 4.69) is 127 Å². The molecular formula is C37H21ClOS. The quantitative estimate of drug-likeness (QED) is 0.198. The van der Waals surface area contributed by atoms with E-state index in [1.54, 1.807) is 0 Å². The molecule has 1 spiro atoms. The van der Waals surface area contributed by atoms with Gasteiger partial charge in [-0.15, -0.1) is 11.3 Å². The molecule has 0 bridgehead atoms. The average Bonchev–Trinajstić information content (AvgIpc) is 3.53. The second kappa shape index (κ2) is 8.08. The Bertz CT molecular complexity index is 2130. The molecule has 1 aliphatic carbocycles. The summed E-state index contributed by atoms with van der Waals surface area (Å²) in [5, 5.41) is 3.15. The van der Waals surface area contributed by atoms with Crippen LogP contribution in [-0.4, -0.2) is 0 Å². The number of hydrogen-bond acceptors (Lipinski definition) is 2. The Kier molecular flexibility index (Phi) is 4.53. The lowest BCUT2D eigenvalue weighted by molar-refractivity contribution is 0.436. The molecule has 0 saturated heterocycles. The van der Waals surface area contributed by atoms with Gasteiger partial charge in [-0.2, -0.15) is 0 Å². The van der Waals surface area contributed by atoms with Crippen LogP contribution < -0.4 is 4.74 Å². The fraction of sp³-hybridized carbons (Fsp3) is 0.0270. The molecular weight excluding hydrogens is 528 g/mol. The van der Waals surface area contributed by atoms with Gasteiger partial charge < -0.3 is 4.74 Å². The second-order valence-electron chi connectivity index (χ2n) is 10.5. The third-order valence-electron chi connectivity index (χ3n) is 8.64. The van der Waals surface area contributed by atoms with Crippen molar-refractivity contribution >= 4 is 43.1 Å². The first-order chi connectivity index (χ1) is 19.8. The van der Waals surface area contributed by atoms with Gasteiger partial charge in [0.1, 0.15) is 11.5 Å². The van der Waals surface area contributed by atoms with Crippen molar-refractivity contribution in [3.8, 4) is 33.8 Å². The highest BCUT2D eigenvalue weighted by Gasteiger charge is 2.51. The number of hydrogen-bond donors (Lipinski definition) is 0. The lowest BCUT2D eigenvalue weighted by Crippen LogP contribution is -2.32. The van der Waals surface area contributed by atoms with Crippen molar-refractivity contribution in [1.82, 2.24) is 0 Å². The Labute approximate surface area is 240 Å². The Hall–Kier alpha value is -4.37. The van der Waals surface area contributed by atoms with Gasteiger partial charge >= 0.3 is 0 Å². The van der Waals surface area contributed by atoms with Gasteiger partial charge in [-0.3, -0.25) is 0 Å². The molecule has 0 N–H and O–H groups in total. The van der Waals surface area contributed by atoms with Gasteiger partial charge in [-0.05, 0) is 52.1 Å². The SMILES string of the molecule is Clc1ccc(-c2cccc3c2-c2ccccc2C32c3ccccc3Oc3ccccc32)c2sc3ccccc3c12. The van der Waals surface area contributed by atoms with Gasteiger partial charge in [0.2, 0.25) is 0 Å². The van der Waals surface area contributed by atoms with Crippen molar-refractivity contribution < 1.29 is 4.74 Å². The molecule has 1 nitrogen and oxygen atoms in total. The van der Waals surface area contributed by atoms with Crippen molar-refractivity contribution in [2.75, 3.05) is 0 Å². The van der Waals surface area contributed by atoms with Gasteiger partial charge in [0.05, 0.1) is 5.41 Å². The molecule has 1 aromatic heterocycles. The first kappa shape index (κ1) is 22.4. The molecule has 188 valence electrons. The third-order valence-corrected chi connectivity index (χ3v) is 10.2. The monoisotopic (exact) mass is 548 g/mol. The van der Waals surface area contributed by atoms with Gasteiger partial charge in [-0.1, -0.05) is 115 Å². The summed E-state index contributed by atoms with van der Waals surface area (Å²) in [6.07, 6.45) is 0. The largest absolute Gasteiger partial charge is 0.457 e. The summed E-state index contributed by atoms with van der Waals surface area (Å²) < 4.78 is 8.98. The molecule has 0 fully saturated rings. The van der Waals surface area contributed by atoms with Crippen LogP contribution in [-0.2, 0) is 5.41 Å². The van der Waals surface area contributed by atoms with Gasteiger partial charge in [0.15, 0.2) is 0 Å². The molecule has 7 aromatic rings. The number of para-hydroxylation sites is 2. The molecule has 3 heteroatoms. The van der Waals surface area contributed by atoms with E-state index in [1.165, 1.54) is 59.3 Å². The topological polar surface area (TPSA) is 9.23 Å². The summed E-state index contributed by atoms with van der Waals surface area (Å²) in [5.74, 6) is 1.82. The smallest absolute Gasteiger partial charge is 0.132 e. The van der Waals surface area contributed by atoms with Crippen LogP contribution in [0.5, 0.6) is 11.5 Å². The molecule has 6 aromatic carbocycles. The summed E-state index contributed by atoms with van der Waals surface area (Å²) in [7, 11) is 0. The zero-order valence-corrected chi connectivity index (χ0v) is 22.9. The Balaban J connectivity index is 1.44. The zero-order chi connectivity index (χ0) is 26.4. The highest BCUT2D eigenvalue weighted by atomic mass is 35.5. The maximum absolute atomic E-state index is 6.86. The van der Waals surface area contributed by atoms with Crippen molar-refractivity contribution in [3.63, 3.8) is 0 Å². The van der Waals surface area contributed by atoms with E-state index in [-0.39, 0.29) is 0 Å². The van der Waals surface area contributed by atoms with Crippen LogP contribution in [0.4, 0.5) is 0 Å². The number of benzene rings is 6. The van der Waals surface area contributed by atoms with Crippen LogP contribution in [0.3, 0.4) is 0 Å². The van der Waals surface area contributed by atoms with Crippen molar-refractivity contribution in [3.05, 3.63) is 155 Å². The predicted molar refractivity (Wildman–Crippen MR) is 167 cm³/mol. The minimum Gasteiger partial charge on any atom is -0.457 e. The standard InChI is InChI=1S/C37H21ClOS/c38-30-21-20-23(36-35(30)25-11-2-8-19-33(25)40-36)22-12-9-16-29-34(22)24-10-1-3-13-26(24)37(29)27-14-4-6-17-31(27)39-32-18-7-5-15-28(32)37/h1-21H. The minimum absolute atomic E-state index is 0.473. The van der Waals surface area contributed by atoms with E-state index in [0.717, 1.165) is 21.9 Å². The first-order valence-corrected chi connectivity index (χ1v) is 14.7. The minimum atomic E-state index is -0.473. The maximum Gasteiger partial charge on any atom is 0.132 e. The molecule has 0 saturated carbocycles. The molecule has 0 amide bonds. The molecule has 0 radical (unpaired) electrons. The Morgan fingerprint density at radius 3 is 1.95 bits per heavy atom. The number of fused-ring (bicyclic) bond motifs is 12. The van der Waals surface area contributed by atoms with Gasteiger partial charge in [0.25, 0.3) is 0 Å². The molecule has 1 aliphatic heterocycles. The average molecular weight is 549 g/mol. The molecule has 40 heavy (non-hydrogen) atoms. The molecule has 2 aliphatic rings. The van der Waals surface area contributed by atoms with Crippen molar-refractivity contribution in [2.45, 2.75) is 5.41 Å². The van der Waals surface area contributed by atoms with Crippen LogP contribution in [0.15, 0.2) is 127 Å². The van der Waals surface area contributed by atoms with Crippen LogP contribution in [0.25, 0.3) is 42.4 Å². The summed E-state index contributed by atoms with van der Waals surface area (Å²) in [4.78, 5) is 0. The van der Waals surface area contributed by atoms with E-state index in [0.29, 0.717) is 0 Å². The zero-order valence-electron chi connectivity index (χ0n) is 21.3. The van der Waals surface area contributed by atoms with Crippen LogP contribution >= 0.6 is 22.9 Å². The number of rotatable bonds is 1. The van der Waals surface area contributed by atoms with E-state index in [1.807, 2.05) is 11.3 Å². The van der Waals surface area contributed by atoms with Crippen LogP contribution in [0, 0.1) is 0 Å². The normalized spacial score (nSPS) is 14.0. The second-order valence-corrected chi connectivity index (χ2v) is 12.0. The highest BCUT2D eigenvalue weighted by Crippen LogP contribution is 2.63. The predicted octanol–water partition coefficient (Wildman–Crippen LogP) is 10.8. The van der Waals surface area contributed by atoms with Crippen molar-refractivity contribution in [2.24, 2.45) is 0 Å². The van der Waals surface area contributed by atoms with E-state index in [4.69, 9.17) is 16.3 Å². The molecule has 0 unspecified atom stereocenters. The highest BCUT2D eigenvalue weighted by molar-refractivity contribution is 7.26. The van der Waals surface area contributed by atoms with Crippen LogP contribution in [0.2, 0.25) is 5.02 Å². The molecule has 2 heterocycles. The summed E-state index contributed by atoms with van der Waals surface area (Å²) in [5.41, 5.74) is 9.48. The number of halogens is 1. The number of ether oxygens (including phenoxy) is 1. The number of thiophene rings is 1. The summed E-state index contributed by atoms with van der Waals surface area (Å²) in [6, 6.07) is 45.6. The maximum atomic E-state index is 6.86. The van der Waals surface area contributed by atoms with Crippen LogP contribution in [0.1, 0.15) is 22.3 Å². The summed E-state index contributed by atoms with van der Waals surface area (Å²) in [6.45, 7) is 0. The first-order valence-electron chi connectivity index (χ1n) is 13.5. The van der Waals surface area contributed by atoms with E-state index in [9.17, 15) is 0 Å². The fourth-order valence-corrected chi connectivity index (χ4v) is 8.70.